The van der Waals surface area contributed by atoms with Gasteiger partial charge < -0.3 is 15.0 Å². The van der Waals surface area contributed by atoms with Crippen LogP contribution in [0.5, 0.6) is 5.75 Å². The van der Waals surface area contributed by atoms with Gasteiger partial charge in [-0.1, -0.05) is 36.2 Å². The lowest BCUT2D eigenvalue weighted by Crippen LogP contribution is -2.52. The van der Waals surface area contributed by atoms with Crippen LogP contribution < -0.4 is 14.4 Å². The van der Waals surface area contributed by atoms with Crippen LogP contribution in [0.4, 0.5) is 10.1 Å². The fraction of sp³-hybridized carbons (Fsp3) is 0.333. The number of anilines is 1. The summed E-state index contributed by atoms with van der Waals surface area (Å²) in [6.45, 7) is 6.82. The highest BCUT2D eigenvalue weighted by molar-refractivity contribution is 7.92. The van der Waals surface area contributed by atoms with Crippen molar-refractivity contribution in [3.05, 3.63) is 88.2 Å². The summed E-state index contributed by atoms with van der Waals surface area (Å²) in [6.07, 6.45) is 0.678. The molecule has 0 bridgehead atoms. The van der Waals surface area contributed by atoms with Crippen LogP contribution in [0.3, 0.4) is 0 Å². The maximum Gasteiger partial charge on any atom is 0.264 e. The molecule has 0 heterocycles. The predicted molar refractivity (Wildman–Crippen MR) is 163 cm³/mol. The Morgan fingerprint density at radius 1 is 0.952 bits per heavy atom. The summed E-state index contributed by atoms with van der Waals surface area (Å²) in [5.41, 5.74) is 0.661. The summed E-state index contributed by atoms with van der Waals surface area (Å²) >= 11 is 12.3. The fourth-order valence-electron chi connectivity index (χ4n) is 4.02. The first-order valence-electron chi connectivity index (χ1n) is 13.4. The van der Waals surface area contributed by atoms with E-state index in [1.165, 1.54) is 41.3 Å². The van der Waals surface area contributed by atoms with E-state index in [9.17, 15) is 22.4 Å². The summed E-state index contributed by atoms with van der Waals surface area (Å²) in [6, 6.07) is 14.3. The van der Waals surface area contributed by atoms with Gasteiger partial charge in [-0.3, -0.25) is 13.9 Å². The zero-order valence-corrected chi connectivity index (χ0v) is 26.1. The molecule has 3 aromatic carbocycles. The van der Waals surface area contributed by atoms with Crippen LogP contribution in [-0.2, 0) is 26.2 Å². The highest BCUT2D eigenvalue weighted by atomic mass is 35.5. The zero-order chi connectivity index (χ0) is 31.0. The first kappa shape index (κ1) is 33.2. The highest BCUT2D eigenvalue weighted by Crippen LogP contribution is 2.27. The van der Waals surface area contributed by atoms with Gasteiger partial charge >= 0.3 is 0 Å². The molecule has 0 aromatic heterocycles. The molecular weight excluding hydrogens is 604 g/mol. The minimum Gasteiger partial charge on any atom is -0.494 e. The molecule has 3 rings (SSSR count). The van der Waals surface area contributed by atoms with Crippen molar-refractivity contribution < 1.29 is 27.1 Å². The van der Waals surface area contributed by atoms with Crippen molar-refractivity contribution in [2.75, 3.05) is 17.5 Å². The van der Waals surface area contributed by atoms with E-state index >= 15 is 0 Å². The molecule has 8 nitrogen and oxygen atoms in total. The second-order valence-electron chi connectivity index (χ2n) is 9.66. The Hall–Kier alpha value is -3.34. The third-order valence-electron chi connectivity index (χ3n) is 6.62. The summed E-state index contributed by atoms with van der Waals surface area (Å²) in [5.74, 6) is -1.15. The van der Waals surface area contributed by atoms with Gasteiger partial charge in [0.25, 0.3) is 10.0 Å². The van der Waals surface area contributed by atoms with Crippen molar-refractivity contribution in [3.63, 3.8) is 0 Å². The van der Waals surface area contributed by atoms with Crippen LogP contribution in [0.15, 0.2) is 71.6 Å². The Balaban J connectivity index is 2.03. The molecule has 1 N–H and O–H groups in total. The lowest BCUT2D eigenvalue weighted by Gasteiger charge is -2.32. The Kier molecular flexibility index (Phi) is 11.6. The number of amides is 2. The van der Waals surface area contributed by atoms with Crippen LogP contribution in [0, 0.1) is 5.82 Å². The van der Waals surface area contributed by atoms with Gasteiger partial charge in [0.1, 0.15) is 24.2 Å². The summed E-state index contributed by atoms with van der Waals surface area (Å²) in [7, 11) is -4.31. The minimum atomic E-state index is -4.31. The van der Waals surface area contributed by atoms with E-state index in [0.717, 1.165) is 16.4 Å². The van der Waals surface area contributed by atoms with Crippen LogP contribution >= 0.6 is 23.2 Å². The lowest BCUT2D eigenvalue weighted by atomic mass is 10.1. The van der Waals surface area contributed by atoms with Gasteiger partial charge in [0.05, 0.1) is 27.2 Å². The van der Waals surface area contributed by atoms with E-state index in [4.69, 9.17) is 27.9 Å². The number of carbonyl (C=O) groups excluding carboxylic acids is 2. The maximum atomic E-state index is 14.0. The van der Waals surface area contributed by atoms with E-state index in [0.29, 0.717) is 29.4 Å². The van der Waals surface area contributed by atoms with Gasteiger partial charge in [-0.15, -0.1) is 0 Å². The van der Waals surface area contributed by atoms with Crippen LogP contribution in [0.2, 0.25) is 10.0 Å². The van der Waals surface area contributed by atoms with Crippen LogP contribution in [0.1, 0.15) is 39.7 Å². The molecule has 0 spiro atoms. The molecule has 0 saturated heterocycles. The van der Waals surface area contributed by atoms with Gasteiger partial charge in [-0.05, 0) is 93.4 Å². The van der Waals surface area contributed by atoms with Gasteiger partial charge in [-0.25, -0.2) is 12.8 Å². The zero-order valence-electron chi connectivity index (χ0n) is 23.8. The normalized spacial score (nSPS) is 12.7. The first-order valence-corrected chi connectivity index (χ1v) is 15.6. The number of nitrogens with zero attached hydrogens (tertiary/aromatic N) is 2. The monoisotopic (exact) mass is 637 g/mol. The molecule has 0 aliphatic rings. The molecule has 42 heavy (non-hydrogen) atoms. The Morgan fingerprint density at radius 2 is 1.60 bits per heavy atom. The topological polar surface area (TPSA) is 96.0 Å². The molecule has 0 aliphatic carbocycles. The number of hydrogen-bond donors (Lipinski definition) is 1. The van der Waals surface area contributed by atoms with Crippen LogP contribution in [0.25, 0.3) is 0 Å². The summed E-state index contributed by atoms with van der Waals surface area (Å²) in [4.78, 5) is 28.3. The third kappa shape index (κ3) is 8.36. The average Bonchev–Trinajstić information content (AvgIpc) is 2.96. The predicted octanol–water partition coefficient (Wildman–Crippen LogP) is 6.06. The maximum absolute atomic E-state index is 14.0. The molecular formula is C30H34Cl2FN3O5S. The number of benzene rings is 3. The van der Waals surface area contributed by atoms with Crippen molar-refractivity contribution in [3.8, 4) is 5.75 Å². The highest BCUT2D eigenvalue weighted by Gasteiger charge is 2.33. The van der Waals surface area contributed by atoms with E-state index in [1.807, 2.05) is 13.8 Å². The standard InChI is InChI=1S/C30H34Cl2FN3O5S/c1-5-20(3)34-30(38)21(4)35(18-22-7-16-27(31)28(32)17-22)29(37)19-36(24-10-8-23(33)9-11-24)42(39,40)26-14-12-25(13-15-26)41-6-2/h7-17,20-21H,5-6,18-19H2,1-4H3,(H,34,38)/t20-,21-/m1/s1. The first-order chi connectivity index (χ1) is 19.9. The SMILES string of the molecule is CCOc1ccc(S(=O)(=O)N(CC(=O)N(Cc2ccc(Cl)c(Cl)c2)[C@H](C)C(=O)N[C@H](C)CC)c2ccc(F)cc2)cc1. The number of hydrogen-bond acceptors (Lipinski definition) is 5. The molecule has 226 valence electrons. The van der Waals surface area contributed by atoms with Crippen molar-refractivity contribution in [1.29, 1.82) is 0 Å². The smallest absolute Gasteiger partial charge is 0.264 e. The minimum absolute atomic E-state index is 0.0504. The number of rotatable bonds is 13. The van der Waals surface area contributed by atoms with Crippen molar-refractivity contribution in [2.45, 2.75) is 57.6 Å². The number of nitrogens with one attached hydrogen (secondary N) is 1. The number of carbonyl (C=O) groups is 2. The van der Waals surface area contributed by atoms with E-state index in [1.54, 1.807) is 32.0 Å². The van der Waals surface area contributed by atoms with E-state index < -0.39 is 40.2 Å². The second-order valence-corrected chi connectivity index (χ2v) is 12.3. The number of halogens is 3. The fourth-order valence-corrected chi connectivity index (χ4v) is 5.76. The molecule has 0 aliphatic heterocycles. The molecule has 2 amide bonds. The van der Waals surface area contributed by atoms with Crippen molar-refractivity contribution in [2.24, 2.45) is 0 Å². The molecule has 0 saturated carbocycles. The summed E-state index contributed by atoms with van der Waals surface area (Å²) < 4.78 is 47.9. The third-order valence-corrected chi connectivity index (χ3v) is 9.15. The quantitative estimate of drug-likeness (QED) is 0.246. The lowest BCUT2D eigenvalue weighted by molar-refractivity contribution is -0.139. The Labute approximate surface area is 256 Å². The van der Waals surface area contributed by atoms with Gasteiger partial charge in [0.2, 0.25) is 11.8 Å². The number of ether oxygens (including phenoxy) is 1. The molecule has 0 unspecified atom stereocenters. The molecule has 0 radical (unpaired) electrons. The second kappa shape index (κ2) is 14.7. The van der Waals surface area contributed by atoms with E-state index in [-0.39, 0.29) is 28.2 Å². The largest absolute Gasteiger partial charge is 0.494 e. The Morgan fingerprint density at radius 3 is 2.17 bits per heavy atom. The van der Waals surface area contributed by atoms with Crippen LogP contribution in [-0.4, -0.2) is 50.4 Å². The van der Waals surface area contributed by atoms with Gasteiger partial charge in [-0.2, -0.15) is 0 Å². The molecule has 0 fully saturated rings. The van der Waals surface area contributed by atoms with Crippen molar-refractivity contribution in [1.82, 2.24) is 10.2 Å². The average molecular weight is 639 g/mol. The van der Waals surface area contributed by atoms with Crippen molar-refractivity contribution >= 4 is 50.7 Å². The molecule has 12 heteroatoms. The van der Waals surface area contributed by atoms with Gasteiger partial charge in [0, 0.05) is 12.6 Å². The molecule has 3 aromatic rings. The molecule has 2 atom stereocenters. The summed E-state index contributed by atoms with van der Waals surface area (Å²) in [5, 5.41) is 3.46. The number of sulfonamides is 1. The Bertz CT molecular complexity index is 1490. The van der Waals surface area contributed by atoms with Gasteiger partial charge in [0.15, 0.2) is 0 Å². The van der Waals surface area contributed by atoms with E-state index in [2.05, 4.69) is 5.32 Å².